The third-order valence-corrected chi connectivity index (χ3v) is 8.86. The van der Waals surface area contributed by atoms with Gasteiger partial charge in [0, 0.05) is 30.6 Å². The SMILES string of the molecule is CCCCCCn1c(-c2cc(C)c3nc(CCC)n(Cc4ccc(-c5ccccc5-c5nn[nH]n5)cc4)c3c2)nc2ccccc21. The lowest BCUT2D eigenvalue weighted by atomic mass is 9.98. The molecule has 0 bridgehead atoms. The zero-order valence-electron chi connectivity index (χ0n) is 26.9. The van der Waals surface area contributed by atoms with Crippen LogP contribution in [-0.2, 0) is 19.5 Å². The van der Waals surface area contributed by atoms with Gasteiger partial charge in [-0.2, -0.15) is 5.21 Å². The summed E-state index contributed by atoms with van der Waals surface area (Å²) in [6, 6.07) is 30.1. The Balaban J connectivity index is 1.26. The van der Waals surface area contributed by atoms with Gasteiger partial charge in [0.1, 0.15) is 11.6 Å². The Bertz CT molecular complexity index is 2080. The molecule has 0 saturated carbocycles. The normalized spacial score (nSPS) is 11.6. The highest BCUT2D eigenvalue weighted by atomic mass is 15.5. The number of hydrogen-bond acceptors (Lipinski definition) is 5. The van der Waals surface area contributed by atoms with Crippen LogP contribution in [0.2, 0.25) is 0 Å². The summed E-state index contributed by atoms with van der Waals surface area (Å²) in [6.45, 7) is 8.38. The van der Waals surface area contributed by atoms with Crippen molar-refractivity contribution in [1.82, 2.24) is 39.7 Å². The van der Waals surface area contributed by atoms with Crippen molar-refractivity contribution in [2.24, 2.45) is 0 Å². The van der Waals surface area contributed by atoms with E-state index in [1.54, 1.807) is 0 Å². The summed E-state index contributed by atoms with van der Waals surface area (Å²) in [5.41, 5.74) is 11.2. The fourth-order valence-electron chi connectivity index (χ4n) is 6.56. The van der Waals surface area contributed by atoms with E-state index in [1.165, 1.54) is 35.9 Å². The quantitative estimate of drug-likeness (QED) is 0.140. The number of aromatic nitrogens is 8. The van der Waals surface area contributed by atoms with Gasteiger partial charge in [0.25, 0.3) is 0 Å². The molecule has 0 aliphatic carbocycles. The highest BCUT2D eigenvalue weighted by molar-refractivity contribution is 5.87. The van der Waals surface area contributed by atoms with Gasteiger partial charge in [0.2, 0.25) is 5.82 Å². The number of fused-ring (bicyclic) bond motifs is 2. The van der Waals surface area contributed by atoms with Gasteiger partial charge in [0.15, 0.2) is 0 Å². The predicted octanol–water partition coefficient (Wildman–Crippen LogP) is 8.79. The van der Waals surface area contributed by atoms with Crippen molar-refractivity contribution in [3.05, 3.63) is 102 Å². The number of nitrogens with one attached hydrogen (secondary N) is 1. The number of unbranched alkanes of at least 4 members (excludes halogenated alkanes) is 3. The van der Waals surface area contributed by atoms with Crippen LogP contribution < -0.4 is 0 Å². The molecule has 0 aliphatic rings. The van der Waals surface area contributed by atoms with E-state index in [9.17, 15) is 0 Å². The predicted molar refractivity (Wildman–Crippen MR) is 185 cm³/mol. The smallest absolute Gasteiger partial charge is 0.205 e. The van der Waals surface area contributed by atoms with Crippen LogP contribution in [0.15, 0.2) is 84.9 Å². The fourth-order valence-corrected chi connectivity index (χ4v) is 6.56. The fraction of sp³-hybridized carbons (Fsp3) is 0.289. The average Bonchev–Trinajstić information content (AvgIpc) is 3.83. The molecule has 232 valence electrons. The summed E-state index contributed by atoms with van der Waals surface area (Å²) in [4.78, 5) is 10.4. The molecule has 0 saturated heterocycles. The summed E-state index contributed by atoms with van der Waals surface area (Å²) in [5, 5.41) is 14.7. The number of tetrazole rings is 1. The summed E-state index contributed by atoms with van der Waals surface area (Å²) >= 11 is 0. The van der Waals surface area contributed by atoms with Gasteiger partial charge in [-0.05, 0) is 71.5 Å². The van der Waals surface area contributed by atoms with Crippen molar-refractivity contribution in [3.8, 4) is 33.9 Å². The molecule has 3 aromatic heterocycles. The van der Waals surface area contributed by atoms with Crippen molar-refractivity contribution in [3.63, 3.8) is 0 Å². The number of aromatic amines is 1. The molecule has 0 spiro atoms. The number of benzene rings is 4. The molecule has 8 heteroatoms. The molecular formula is C38H40N8. The summed E-state index contributed by atoms with van der Waals surface area (Å²) < 4.78 is 4.83. The van der Waals surface area contributed by atoms with E-state index in [0.717, 1.165) is 82.8 Å². The molecule has 0 radical (unpaired) electrons. The van der Waals surface area contributed by atoms with E-state index in [0.29, 0.717) is 5.82 Å². The monoisotopic (exact) mass is 608 g/mol. The van der Waals surface area contributed by atoms with Gasteiger partial charge >= 0.3 is 0 Å². The van der Waals surface area contributed by atoms with E-state index in [-0.39, 0.29) is 0 Å². The van der Waals surface area contributed by atoms with E-state index >= 15 is 0 Å². The summed E-state index contributed by atoms with van der Waals surface area (Å²) in [6.07, 6.45) is 6.84. The van der Waals surface area contributed by atoms with Gasteiger partial charge in [-0.25, -0.2) is 9.97 Å². The molecule has 0 atom stereocenters. The zero-order chi connectivity index (χ0) is 31.5. The third kappa shape index (κ3) is 5.71. The molecule has 0 unspecified atom stereocenters. The van der Waals surface area contributed by atoms with Crippen LogP contribution in [0.5, 0.6) is 0 Å². The van der Waals surface area contributed by atoms with Crippen LogP contribution >= 0.6 is 0 Å². The molecule has 1 N–H and O–H groups in total. The number of nitrogens with zero attached hydrogens (tertiary/aromatic N) is 7. The number of imidazole rings is 2. The molecule has 0 aliphatic heterocycles. The third-order valence-electron chi connectivity index (χ3n) is 8.86. The van der Waals surface area contributed by atoms with Gasteiger partial charge in [-0.1, -0.05) is 93.8 Å². The van der Waals surface area contributed by atoms with Crippen LogP contribution in [0.3, 0.4) is 0 Å². The van der Waals surface area contributed by atoms with Crippen LogP contribution in [0.25, 0.3) is 56.0 Å². The molecule has 7 rings (SSSR count). The first-order valence-electron chi connectivity index (χ1n) is 16.5. The maximum absolute atomic E-state index is 5.19. The largest absolute Gasteiger partial charge is 0.324 e. The lowest BCUT2D eigenvalue weighted by Gasteiger charge is -2.13. The standard InChI is InChI=1S/C38H40N8/c1-4-6-7-12-22-45-33-17-11-10-16-32(33)39-38(45)29-23-26(3)36-34(24-29)46(35(40-36)13-5-2)25-27-18-20-28(21-19-27)30-14-8-9-15-31(30)37-41-43-44-42-37/h8-11,14-21,23-24H,4-7,12-13,22,25H2,1-3H3,(H,41,42,43,44). The highest BCUT2D eigenvalue weighted by Crippen LogP contribution is 2.33. The molecular weight excluding hydrogens is 568 g/mol. The van der Waals surface area contributed by atoms with E-state index in [1.807, 2.05) is 18.2 Å². The minimum absolute atomic E-state index is 0.592. The molecule has 3 heterocycles. The number of aryl methyl sites for hydroxylation is 3. The molecule has 8 nitrogen and oxygen atoms in total. The second-order valence-corrected chi connectivity index (χ2v) is 12.1. The Labute approximate surface area is 269 Å². The first-order chi connectivity index (χ1) is 22.6. The maximum atomic E-state index is 5.19. The van der Waals surface area contributed by atoms with Crippen LogP contribution in [0.4, 0.5) is 0 Å². The van der Waals surface area contributed by atoms with Crippen molar-refractivity contribution in [2.45, 2.75) is 72.4 Å². The maximum Gasteiger partial charge on any atom is 0.205 e. The molecule has 4 aromatic carbocycles. The number of para-hydroxylation sites is 2. The minimum atomic E-state index is 0.592. The van der Waals surface area contributed by atoms with Crippen molar-refractivity contribution < 1.29 is 0 Å². The lowest BCUT2D eigenvalue weighted by Crippen LogP contribution is -2.06. The number of H-pyrrole nitrogens is 1. The van der Waals surface area contributed by atoms with E-state index in [4.69, 9.17) is 9.97 Å². The van der Waals surface area contributed by atoms with Crippen molar-refractivity contribution >= 4 is 22.1 Å². The van der Waals surface area contributed by atoms with Gasteiger partial charge in [0.05, 0.1) is 22.1 Å². The summed E-state index contributed by atoms with van der Waals surface area (Å²) in [5.74, 6) is 2.75. The lowest BCUT2D eigenvalue weighted by molar-refractivity contribution is 0.594. The van der Waals surface area contributed by atoms with Crippen molar-refractivity contribution in [2.75, 3.05) is 0 Å². The molecule has 0 amide bonds. The minimum Gasteiger partial charge on any atom is -0.324 e. The average molecular weight is 609 g/mol. The zero-order valence-corrected chi connectivity index (χ0v) is 26.9. The first kappa shape index (κ1) is 29.6. The first-order valence-corrected chi connectivity index (χ1v) is 16.5. The second-order valence-electron chi connectivity index (χ2n) is 12.1. The molecule has 7 aromatic rings. The van der Waals surface area contributed by atoms with Gasteiger partial charge in [-0.3, -0.25) is 0 Å². The van der Waals surface area contributed by atoms with E-state index in [2.05, 4.69) is 117 Å². The number of rotatable bonds is 12. The van der Waals surface area contributed by atoms with E-state index < -0.39 is 0 Å². The molecule has 46 heavy (non-hydrogen) atoms. The van der Waals surface area contributed by atoms with Crippen LogP contribution in [0.1, 0.15) is 62.9 Å². The Hall–Kier alpha value is -5.11. The van der Waals surface area contributed by atoms with Crippen LogP contribution in [0, 0.1) is 6.92 Å². The highest BCUT2D eigenvalue weighted by Gasteiger charge is 2.18. The molecule has 0 fully saturated rings. The van der Waals surface area contributed by atoms with Gasteiger partial charge < -0.3 is 9.13 Å². The Morgan fingerprint density at radius 2 is 1.52 bits per heavy atom. The Morgan fingerprint density at radius 1 is 0.717 bits per heavy atom. The second kappa shape index (κ2) is 13.1. The Kier molecular flexibility index (Phi) is 8.42. The number of hydrogen-bond donors (Lipinski definition) is 1. The summed E-state index contributed by atoms with van der Waals surface area (Å²) in [7, 11) is 0. The Morgan fingerprint density at radius 3 is 2.30 bits per heavy atom. The van der Waals surface area contributed by atoms with Gasteiger partial charge in [-0.15, -0.1) is 10.2 Å². The van der Waals surface area contributed by atoms with Crippen LogP contribution in [-0.4, -0.2) is 39.7 Å². The van der Waals surface area contributed by atoms with Crippen molar-refractivity contribution in [1.29, 1.82) is 0 Å². The topological polar surface area (TPSA) is 90.1 Å².